The summed E-state index contributed by atoms with van der Waals surface area (Å²) in [6.45, 7) is 0.197. The molecule has 0 spiro atoms. The topological polar surface area (TPSA) is 75.7 Å². The number of amides is 1. The summed E-state index contributed by atoms with van der Waals surface area (Å²) in [4.78, 5) is 13.7. The van der Waals surface area contributed by atoms with Crippen molar-refractivity contribution in [3.05, 3.63) is 58.9 Å². The summed E-state index contributed by atoms with van der Waals surface area (Å²) in [6.07, 6.45) is -0.0280. The molecule has 0 fully saturated rings. The smallest absolute Gasteiger partial charge is 0.240 e. The Labute approximate surface area is 162 Å². The fraction of sp³-hybridized carbons (Fsp3) is 0.278. The van der Waals surface area contributed by atoms with Gasteiger partial charge in [-0.05, 0) is 42.5 Å². The Balaban J connectivity index is 1.91. The molecule has 0 atom stereocenters. The third-order valence-electron chi connectivity index (χ3n) is 3.83. The zero-order chi connectivity index (χ0) is 20.0. The molecule has 27 heavy (non-hydrogen) atoms. The third kappa shape index (κ3) is 5.92. The Bertz CT molecular complexity index is 904. The molecule has 0 saturated carbocycles. The molecule has 2 aromatic rings. The van der Waals surface area contributed by atoms with Gasteiger partial charge in [0.25, 0.3) is 0 Å². The fourth-order valence-corrected chi connectivity index (χ4v) is 3.62. The molecular formula is C18H20ClFN2O4S. The second-order valence-electron chi connectivity index (χ2n) is 5.81. The van der Waals surface area contributed by atoms with Gasteiger partial charge in [0.15, 0.2) is 0 Å². The van der Waals surface area contributed by atoms with Crippen LogP contribution in [0.4, 0.5) is 4.39 Å². The molecule has 0 aliphatic rings. The molecule has 0 saturated heterocycles. The van der Waals surface area contributed by atoms with Gasteiger partial charge in [-0.2, -0.15) is 0 Å². The van der Waals surface area contributed by atoms with Crippen LogP contribution < -0.4 is 9.46 Å². The molecule has 0 bridgehead atoms. The Kier molecular flexibility index (Phi) is 7.18. The highest BCUT2D eigenvalue weighted by Gasteiger charge is 2.16. The van der Waals surface area contributed by atoms with Crippen LogP contribution in [0.2, 0.25) is 5.02 Å². The van der Waals surface area contributed by atoms with Gasteiger partial charge in [0.2, 0.25) is 15.9 Å². The van der Waals surface area contributed by atoms with Crippen LogP contribution in [0.3, 0.4) is 0 Å². The number of hydrogen-bond donors (Lipinski definition) is 1. The van der Waals surface area contributed by atoms with E-state index >= 15 is 0 Å². The first-order chi connectivity index (χ1) is 12.7. The molecule has 0 aromatic heterocycles. The van der Waals surface area contributed by atoms with Crippen molar-refractivity contribution in [3.8, 4) is 5.75 Å². The van der Waals surface area contributed by atoms with Crippen LogP contribution in [-0.2, 0) is 21.4 Å². The first kappa shape index (κ1) is 21.1. The summed E-state index contributed by atoms with van der Waals surface area (Å²) in [5.74, 6) is -0.169. The standard InChI is InChI=1S/C18H20ClFN2O4S/c1-22(12-13-11-14(19)3-8-17(13)26-2)18(23)9-10-21-27(24,25)16-6-4-15(20)5-7-16/h3-8,11,21H,9-10,12H2,1-2H3. The molecule has 1 amide bonds. The van der Waals surface area contributed by atoms with Gasteiger partial charge in [-0.1, -0.05) is 11.6 Å². The van der Waals surface area contributed by atoms with E-state index in [1.54, 1.807) is 25.2 Å². The van der Waals surface area contributed by atoms with E-state index in [0.29, 0.717) is 10.8 Å². The van der Waals surface area contributed by atoms with Crippen LogP contribution in [0.25, 0.3) is 0 Å². The van der Waals surface area contributed by atoms with Crippen LogP contribution in [0.15, 0.2) is 47.4 Å². The largest absolute Gasteiger partial charge is 0.496 e. The molecule has 0 aliphatic heterocycles. The summed E-state index contributed by atoms with van der Waals surface area (Å²) in [6, 6.07) is 9.57. The summed E-state index contributed by atoms with van der Waals surface area (Å²) in [5, 5.41) is 0.527. The van der Waals surface area contributed by atoms with E-state index < -0.39 is 15.8 Å². The van der Waals surface area contributed by atoms with Crippen molar-refractivity contribution in [2.75, 3.05) is 20.7 Å². The van der Waals surface area contributed by atoms with Crippen LogP contribution in [0.1, 0.15) is 12.0 Å². The van der Waals surface area contributed by atoms with E-state index in [4.69, 9.17) is 16.3 Å². The molecule has 146 valence electrons. The number of nitrogens with one attached hydrogen (secondary N) is 1. The molecule has 0 heterocycles. The van der Waals surface area contributed by atoms with E-state index in [9.17, 15) is 17.6 Å². The van der Waals surface area contributed by atoms with E-state index in [1.807, 2.05) is 0 Å². The number of rotatable bonds is 8. The molecule has 2 aromatic carbocycles. The van der Waals surface area contributed by atoms with Gasteiger partial charge in [0.05, 0.1) is 12.0 Å². The van der Waals surface area contributed by atoms with Crippen LogP contribution in [-0.4, -0.2) is 39.9 Å². The number of halogens is 2. The van der Waals surface area contributed by atoms with Gasteiger partial charge in [0, 0.05) is 37.1 Å². The predicted octanol–water partition coefficient (Wildman–Crippen LogP) is 2.81. The molecule has 9 heteroatoms. The maximum atomic E-state index is 12.9. The fourth-order valence-electron chi connectivity index (χ4n) is 2.39. The number of carbonyl (C=O) groups excluding carboxylic acids is 1. The van der Waals surface area contributed by atoms with E-state index in [1.165, 1.54) is 12.0 Å². The van der Waals surface area contributed by atoms with Crippen molar-refractivity contribution in [1.29, 1.82) is 0 Å². The number of benzene rings is 2. The van der Waals surface area contributed by atoms with Gasteiger partial charge in [0.1, 0.15) is 11.6 Å². The zero-order valence-electron chi connectivity index (χ0n) is 14.9. The number of nitrogens with zero attached hydrogens (tertiary/aromatic N) is 1. The second-order valence-corrected chi connectivity index (χ2v) is 8.01. The van der Waals surface area contributed by atoms with Gasteiger partial charge in [-0.3, -0.25) is 4.79 Å². The lowest BCUT2D eigenvalue weighted by Crippen LogP contribution is -2.32. The highest BCUT2D eigenvalue weighted by atomic mass is 35.5. The number of ether oxygens (including phenoxy) is 1. The quantitative estimate of drug-likeness (QED) is 0.720. The summed E-state index contributed by atoms with van der Waals surface area (Å²) < 4.78 is 44.7. The molecule has 0 aliphatic carbocycles. The van der Waals surface area contributed by atoms with Crippen LogP contribution >= 0.6 is 11.6 Å². The summed E-state index contributed by atoms with van der Waals surface area (Å²) in [5.41, 5.74) is 0.743. The Morgan fingerprint density at radius 2 is 1.89 bits per heavy atom. The maximum Gasteiger partial charge on any atom is 0.240 e. The predicted molar refractivity (Wildman–Crippen MR) is 101 cm³/mol. The van der Waals surface area contributed by atoms with Gasteiger partial charge < -0.3 is 9.64 Å². The minimum absolute atomic E-state index is 0.0280. The average Bonchev–Trinajstić information content (AvgIpc) is 2.62. The number of carbonyl (C=O) groups is 1. The SMILES string of the molecule is COc1ccc(Cl)cc1CN(C)C(=O)CCNS(=O)(=O)c1ccc(F)cc1. The molecule has 0 radical (unpaired) electrons. The Hall–Kier alpha value is -2.16. The zero-order valence-corrected chi connectivity index (χ0v) is 16.5. The monoisotopic (exact) mass is 414 g/mol. The van der Waals surface area contributed by atoms with Gasteiger partial charge in [-0.25, -0.2) is 17.5 Å². The van der Waals surface area contributed by atoms with Crippen molar-refractivity contribution in [3.63, 3.8) is 0 Å². The first-order valence-electron chi connectivity index (χ1n) is 8.04. The maximum absolute atomic E-state index is 12.9. The minimum atomic E-state index is -3.80. The number of sulfonamides is 1. The van der Waals surface area contributed by atoms with E-state index in [-0.39, 0.29) is 30.3 Å². The lowest BCUT2D eigenvalue weighted by atomic mass is 10.2. The van der Waals surface area contributed by atoms with E-state index in [0.717, 1.165) is 29.8 Å². The molecular weight excluding hydrogens is 395 g/mol. The van der Waals surface area contributed by atoms with Crippen LogP contribution in [0.5, 0.6) is 5.75 Å². The third-order valence-corrected chi connectivity index (χ3v) is 5.54. The molecule has 1 N–H and O–H groups in total. The highest BCUT2D eigenvalue weighted by molar-refractivity contribution is 7.89. The second kappa shape index (κ2) is 9.16. The number of hydrogen-bond acceptors (Lipinski definition) is 4. The summed E-state index contributed by atoms with van der Waals surface area (Å²) >= 11 is 5.98. The van der Waals surface area contributed by atoms with Crippen molar-refractivity contribution >= 4 is 27.5 Å². The summed E-state index contributed by atoms with van der Waals surface area (Å²) in [7, 11) is -0.664. The van der Waals surface area contributed by atoms with E-state index in [2.05, 4.69) is 4.72 Å². The molecule has 2 rings (SSSR count). The van der Waals surface area contributed by atoms with Crippen molar-refractivity contribution in [2.24, 2.45) is 0 Å². The number of methoxy groups -OCH3 is 1. The van der Waals surface area contributed by atoms with Crippen molar-refractivity contribution < 1.29 is 22.3 Å². The first-order valence-corrected chi connectivity index (χ1v) is 9.90. The lowest BCUT2D eigenvalue weighted by molar-refractivity contribution is -0.130. The van der Waals surface area contributed by atoms with Gasteiger partial charge in [-0.15, -0.1) is 0 Å². The van der Waals surface area contributed by atoms with Gasteiger partial charge >= 0.3 is 0 Å². The molecule has 6 nitrogen and oxygen atoms in total. The van der Waals surface area contributed by atoms with Crippen LogP contribution in [0, 0.1) is 5.82 Å². The highest BCUT2D eigenvalue weighted by Crippen LogP contribution is 2.23. The van der Waals surface area contributed by atoms with Crippen molar-refractivity contribution in [2.45, 2.75) is 17.9 Å². The minimum Gasteiger partial charge on any atom is -0.496 e. The lowest BCUT2D eigenvalue weighted by Gasteiger charge is -2.19. The molecule has 0 unspecified atom stereocenters. The normalized spacial score (nSPS) is 11.3. The van der Waals surface area contributed by atoms with Crippen molar-refractivity contribution in [1.82, 2.24) is 9.62 Å². The average molecular weight is 415 g/mol. The Morgan fingerprint density at radius 1 is 1.22 bits per heavy atom. The Morgan fingerprint density at radius 3 is 2.52 bits per heavy atom.